The van der Waals surface area contributed by atoms with Gasteiger partial charge in [0.05, 0.1) is 12.5 Å². The fourth-order valence-electron chi connectivity index (χ4n) is 3.98. The average Bonchev–Trinajstić information content (AvgIpc) is 3.21. The van der Waals surface area contributed by atoms with Crippen LogP contribution in [0.5, 0.6) is 5.75 Å². The Hall–Kier alpha value is -2.64. The van der Waals surface area contributed by atoms with Gasteiger partial charge in [-0.1, -0.05) is 18.2 Å². The van der Waals surface area contributed by atoms with Crippen molar-refractivity contribution in [1.82, 2.24) is 15.0 Å². The van der Waals surface area contributed by atoms with Gasteiger partial charge in [0.15, 0.2) is 5.82 Å². The number of aryl methyl sites for hydroxylation is 2. The van der Waals surface area contributed by atoms with E-state index >= 15 is 0 Å². The Morgan fingerprint density at radius 3 is 2.84 bits per heavy atom. The number of benzene rings is 1. The van der Waals surface area contributed by atoms with Crippen LogP contribution in [0, 0.1) is 0 Å². The van der Waals surface area contributed by atoms with Crippen LogP contribution in [0.1, 0.15) is 22.4 Å². The van der Waals surface area contributed by atoms with Crippen LogP contribution < -0.4 is 10.1 Å². The summed E-state index contributed by atoms with van der Waals surface area (Å²) in [6.45, 7) is 0.847. The van der Waals surface area contributed by atoms with Gasteiger partial charge in [0.25, 0.3) is 0 Å². The smallest absolute Gasteiger partial charge is 0.163 e. The monoisotopic (exact) mass is 448 g/mol. The van der Waals surface area contributed by atoms with Crippen LogP contribution in [0.4, 0.5) is 5.82 Å². The zero-order chi connectivity index (χ0) is 21.0. The van der Waals surface area contributed by atoms with Crippen LogP contribution in [-0.4, -0.2) is 34.4 Å². The third-order valence-electron chi connectivity index (χ3n) is 5.51. The number of methoxy groups -OCH3 is 1. The van der Waals surface area contributed by atoms with Crippen LogP contribution in [0.2, 0.25) is 0 Å². The molecule has 0 fully saturated rings. The highest BCUT2D eigenvalue weighted by molar-refractivity contribution is 7.98. The molecule has 0 amide bonds. The predicted octanol–water partition coefficient (Wildman–Crippen LogP) is 5.60. The SMILES string of the molecule is COc1ccccc1CCCNc1nc(-c2ccncc2)nc2sc3c(c12)CCSC3. The van der Waals surface area contributed by atoms with Gasteiger partial charge in [0.1, 0.15) is 16.4 Å². The first-order valence-electron chi connectivity index (χ1n) is 10.5. The van der Waals surface area contributed by atoms with Crippen molar-refractivity contribution in [2.24, 2.45) is 0 Å². The van der Waals surface area contributed by atoms with Crippen LogP contribution >= 0.6 is 23.1 Å². The third-order valence-corrected chi connectivity index (χ3v) is 7.80. The van der Waals surface area contributed by atoms with Crippen molar-refractivity contribution in [1.29, 1.82) is 0 Å². The standard InChI is InChI=1S/C24H24N4OS2/c1-29-19-7-3-2-5-16(19)6-4-11-26-23-21-18-10-14-30-15-20(18)31-24(21)28-22(27-23)17-8-12-25-13-9-17/h2-3,5,7-9,12-13H,4,6,10-11,14-15H2,1H3,(H,26,27,28). The van der Waals surface area contributed by atoms with E-state index in [1.54, 1.807) is 19.5 Å². The summed E-state index contributed by atoms with van der Waals surface area (Å²) in [7, 11) is 1.73. The third kappa shape index (κ3) is 4.25. The highest BCUT2D eigenvalue weighted by Crippen LogP contribution is 2.40. The van der Waals surface area contributed by atoms with Crippen molar-refractivity contribution in [3.05, 3.63) is 64.8 Å². The molecule has 31 heavy (non-hydrogen) atoms. The summed E-state index contributed by atoms with van der Waals surface area (Å²) in [6.07, 6.45) is 6.63. The van der Waals surface area contributed by atoms with Gasteiger partial charge in [-0.15, -0.1) is 11.3 Å². The molecule has 0 saturated heterocycles. The molecule has 1 aliphatic heterocycles. The molecule has 0 spiro atoms. The zero-order valence-corrected chi connectivity index (χ0v) is 19.1. The average molecular weight is 449 g/mol. The summed E-state index contributed by atoms with van der Waals surface area (Å²) in [4.78, 5) is 16.5. The molecule has 1 aliphatic rings. The van der Waals surface area contributed by atoms with E-state index in [-0.39, 0.29) is 0 Å². The number of anilines is 1. The van der Waals surface area contributed by atoms with E-state index in [0.29, 0.717) is 0 Å². The number of para-hydroxylation sites is 1. The second-order valence-corrected chi connectivity index (χ2v) is 9.65. The Kier molecular flexibility index (Phi) is 6.04. The molecule has 7 heteroatoms. The topological polar surface area (TPSA) is 59.9 Å². The van der Waals surface area contributed by atoms with Crippen molar-refractivity contribution in [3.8, 4) is 17.1 Å². The molecule has 1 N–H and O–H groups in total. The molecule has 5 nitrogen and oxygen atoms in total. The van der Waals surface area contributed by atoms with E-state index in [9.17, 15) is 0 Å². The second kappa shape index (κ2) is 9.24. The summed E-state index contributed by atoms with van der Waals surface area (Å²) in [5, 5.41) is 4.85. The Morgan fingerprint density at radius 1 is 1.10 bits per heavy atom. The lowest BCUT2D eigenvalue weighted by Gasteiger charge is -2.14. The Bertz CT molecular complexity index is 1190. The van der Waals surface area contributed by atoms with Crippen LogP contribution in [0.15, 0.2) is 48.8 Å². The van der Waals surface area contributed by atoms with Gasteiger partial charge in [-0.2, -0.15) is 11.8 Å². The number of thiophene rings is 1. The normalized spacial score (nSPS) is 13.2. The second-order valence-electron chi connectivity index (χ2n) is 7.46. The number of fused-ring (bicyclic) bond motifs is 3. The van der Waals surface area contributed by atoms with Crippen LogP contribution in [-0.2, 0) is 18.6 Å². The minimum Gasteiger partial charge on any atom is -0.496 e. The van der Waals surface area contributed by atoms with Gasteiger partial charge in [-0.3, -0.25) is 4.98 Å². The number of rotatable bonds is 7. The zero-order valence-electron chi connectivity index (χ0n) is 17.4. The number of nitrogens with one attached hydrogen (secondary N) is 1. The number of pyridine rings is 1. The van der Waals surface area contributed by atoms with Crippen molar-refractivity contribution < 1.29 is 4.74 Å². The van der Waals surface area contributed by atoms with E-state index in [1.807, 2.05) is 47.4 Å². The maximum absolute atomic E-state index is 5.49. The molecule has 3 aromatic heterocycles. The van der Waals surface area contributed by atoms with Crippen molar-refractivity contribution >= 4 is 39.1 Å². The fourth-order valence-corrected chi connectivity index (χ4v) is 6.33. The van der Waals surface area contributed by atoms with Gasteiger partial charge in [-0.05, 0) is 54.3 Å². The summed E-state index contributed by atoms with van der Waals surface area (Å²) < 4.78 is 5.49. The van der Waals surface area contributed by atoms with Crippen molar-refractivity contribution in [2.75, 3.05) is 24.7 Å². The largest absolute Gasteiger partial charge is 0.496 e. The Balaban J connectivity index is 1.42. The minimum atomic E-state index is 0.758. The van der Waals surface area contributed by atoms with E-state index < -0.39 is 0 Å². The maximum Gasteiger partial charge on any atom is 0.163 e. The van der Waals surface area contributed by atoms with Gasteiger partial charge < -0.3 is 10.1 Å². The lowest BCUT2D eigenvalue weighted by Crippen LogP contribution is -2.08. The molecule has 158 valence electrons. The minimum absolute atomic E-state index is 0.758. The lowest BCUT2D eigenvalue weighted by molar-refractivity contribution is 0.409. The van der Waals surface area contributed by atoms with Gasteiger partial charge >= 0.3 is 0 Å². The first kappa shape index (κ1) is 20.3. The lowest BCUT2D eigenvalue weighted by atomic mass is 10.1. The summed E-state index contributed by atoms with van der Waals surface area (Å²) >= 11 is 3.82. The molecule has 4 aromatic rings. The number of aromatic nitrogens is 3. The Labute approximate surface area is 190 Å². The van der Waals surface area contributed by atoms with E-state index in [4.69, 9.17) is 14.7 Å². The van der Waals surface area contributed by atoms with Crippen molar-refractivity contribution in [2.45, 2.75) is 25.0 Å². The summed E-state index contributed by atoms with van der Waals surface area (Å²) in [6, 6.07) is 12.2. The quantitative estimate of drug-likeness (QED) is 0.372. The molecular weight excluding hydrogens is 424 g/mol. The molecule has 0 aliphatic carbocycles. The predicted molar refractivity (Wildman–Crippen MR) is 130 cm³/mol. The number of thioether (sulfide) groups is 1. The highest BCUT2D eigenvalue weighted by Gasteiger charge is 2.21. The van der Waals surface area contributed by atoms with Crippen molar-refractivity contribution in [3.63, 3.8) is 0 Å². The molecule has 4 heterocycles. The molecule has 0 radical (unpaired) electrons. The first-order chi connectivity index (χ1) is 15.3. The molecule has 5 rings (SSSR count). The molecule has 0 bridgehead atoms. The van der Waals surface area contributed by atoms with E-state index in [2.05, 4.69) is 22.4 Å². The van der Waals surface area contributed by atoms with Crippen LogP contribution in [0.3, 0.4) is 0 Å². The fraction of sp³-hybridized carbons (Fsp3) is 0.292. The van der Waals surface area contributed by atoms with Gasteiger partial charge in [0, 0.05) is 35.1 Å². The maximum atomic E-state index is 5.49. The first-order valence-corrected chi connectivity index (χ1v) is 12.5. The van der Waals surface area contributed by atoms with E-state index in [0.717, 1.165) is 65.1 Å². The number of hydrogen-bond donors (Lipinski definition) is 1. The molecule has 0 unspecified atom stereocenters. The summed E-state index contributed by atoms with van der Waals surface area (Å²) in [5.74, 6) is 4.91. The number of hydrogen-bond acceptors (Lipinski definition) is 7. The highest BCUT2D eigenvalue weighted by atomic mass is 32.2. The molecule has 1 aromatic carbocycles. The molecule has 0 saturated carbocycles. The number of nitrogens with zero attached hydrogens (tertiary/aromatic N) is 3. The van der Waals surface area contributed by atoms with Gasteiger partial charge in [-0.25, -0.2) is 9.97 Å². The molecule has 0 atom stereocenters. The van der Waals surface area contributed by atoms with E-state index in [1.165, 1.54) is 21.4 Å². The van der Waals surface area contributed by atoms with Gasteiger partial charge in [0.2, 0.25) is 0 Å². The number of ether oxygens (including phenoxy) is 1. The summed E-state index contributed by atoms with van der Waals surface area (Å²) in [5.41, 5.74) is 3.67. The van der Waals surface area contributed by atoms with Crippen LogP contribution in [0.25, 0.3) is 21.6 Å². The Morgan fingerprint density at radius 2 is 1.97 bits per heavy atom. The molecular formula is C24H24N4OS2.